The second kappa shape index (κ2) is 5.38. The summed E-state index contributed by atoms with van der Waals surface area (Å²) < 4.78 is 0. The molecule has 1 N–H and O–H groups in total. The van der Waals surface area contributed by atoms with Gasteiger partial charge in [0.15, 0.2) is 0 Å². The lowest BCUT2D eigenvalue weighted by atomic mass is 9.84. The average Bonchev–Trinajstić information content (AvgIpc) is 2.39. The van der Waals surface area contributed by atoms with E-state index in [9.17, 15) is 0 Å². The van der Waals surface area contributed by atoms with Crippen molar-refractivity contribution in [1.82, 2.24) is 10.2 Å². The number of fused-ring (bicyclic) bond motifs is 3. The Hall–Kier alpha value is -0.280. The number of nitrogens with zero attached hydrogens (tertiary/aromatic N) is 1. The van der Waals surface area contributed by atoms with E-state index >= 15 is 0 Å². The predicted octanol–water partition coefficient (Wildman–Crippen LogP) is 3.18. The van der Waals surface area contributed by atoms with Crippen LogP contribution in [-0.2, 0) is 6.54 Å². The Morgan fingerprint density at radius 1 is 1.22 bits per heavy atom. The summed E-state index contributed by atoms with van der Waals surface area (Å²) in [6.45, 7) is 4.59. The van der Waals surface area contributed by atoms with Gasteiger partial charge in [0.2, 0.25) is 0 Å². The van der Waals surface area contributed by atoms with Gasteiger partial charge in [-0.3, -0.25) is 0 Å². The van der Waals surface area contributed by atoms with Gasteiger partial charge >= 0.3 is 0 Å². The molecule has 1 aromatic carbocycles. The molecule has 0 amide bonds. The van der Waals surface area contributed by atoms with Crippen molar-refractivity contribution in [3.63, 3.8) is 0 Å². The number of hydrogen-bond acceptors (Lipinski definition) is 2. The Bertz CT molecular complexity index is 428. The summed E-state index contributed by atoms with van der Waals surface area (Å²) in [5.41, 5.74) is 1.14. The van der Waals surface area contributed by atoms with Gasteiger partial charge in [-0.25, -0.2) is 0 Å². The molecule has 1 aromatic rings. The first-order valence-corrected chi connectivity index (χ1v) is 7.37. The van der Waals surface area contributed by atoms with Crippen molar-refractivity contribution in [2.24, 2.45) is 5.92 Å². The van der Waals surface area contributed by atoms with Gasteiger partial charge in [-0.05, 0) is 49.5 Å². The summed E-state index contributed by atoms with van der Waals surface area (Å²) in [5, 5.41) is 5.12. The molecule has 18 heavy (non-hydrogen) atoms. The maximum absolute atomic E-state index is 6.19. The van der Waals surface area contributed by atoms with Crippen LogP contribution in [0.2, 0.25) is 10.0 Å². The summed E-state index contributed by atoms with van der Waals surface area (Å²) in [4.78, 5) is 2.56. The molecule has 0 spiro atoms. The van der Waals surface area contributed by atoms with E-state index in [1.165, 1.54) is 32.5 Å². The molecular weight excluding hydrogens is 267 g/mol. The van der Waals surface area contributed by atoms with Crippen molar-refractivity contribution >= 4 is 23.2 Å². The highest BCUT2D eigenvalue weighted by atomic mass is 35.5. The normalized spacial score (nSPS) is 30.7. The molecule has 3 aliphatic heterocycles. The van der Waals surface area contributed by atoms with Crippen molar-refractivity contribution in [1.29, 1.82) is 0 Å². The minimum absolute atomic E-state index is 0.624. The third-order valence-electron chi connectivity index (χ3n) is 4.23. The van der Waals surface area contributed by atoms with Gasteiger partial charge < -0.3 is 10.2 Å². The van der Waals surface area contributed by atoms with Gasteiger partial charge in [-0.2, -0.15) is 0 Å². The molecule has 3 heterocycles. The van der Waals surface area contributed by atoms with E-state index < -0.39 is 0 Å². The van der Waals surface area contributed by atoms with Crippen LogP contribution < -0.4 is 5.32 Å². The zero-order valence-electron chi connectivity index (χ0n) is 10.3. The van der Waals surface area contributed by atoms with Crippen molar-refractivity contribution in [3.8, 4) is 0 Å². The van der Waals surface area contributed by atoms with E-state index in [0.717, 1.165) is 23.0 Å². The molecule has 2 nitrogen and oxygen atoms in total. The lowest BCUT2D eigenvalue weighted by molar-refractivity contribution is 0.0720. The van der Waals surface area contributed by atoms with E-state index in [-0.39, 0.29) is 0 Å². The monoisotopic (exact) mass is 284 g/mol. The summed E-state index contributed by atoms with van der Waals surface area (Å²) in [6.07, 6.45) is 2.68. The summed E-state index contributed by atoms with van der Waals surface area (Å²) >= 11 is 12.1. The molecule has 0 saturated carbocycles. The van der Waals surface area contributed by atoms with Crippen molar-refractivity contribution in [2.75, 3.05) is 19.6 Å². The van der Waals surface area contributed by atoms with Gasteiger partial charge in [-0.15, -0.1) is 0 Å². The summed E-state index contributed by atoms with van der Waals surface area (Å²) in [7, 11) is 0. The van der Waals surface area contributed by atoms with Gasteiger partial charge in [0.05, 0.1) is 0 Å². The molecular formula is C14H18Cl2N2. The van der Waals surface area contributed by atoms with Crippen LogP contribution in [0, 0.1) is 5.92 Å². The van der Waals surface area contributed by atoms with Crippen LogP contribution in [0.25, 0.3) is 0 Å². The fourth-order valence-corrected chi connectivity index (χ4v) is 3.58. The van der Waals surface area contributed by atoms with E-state index in [1.54, 1.807) is 0 Å². The van der Waals surface area contributed by atoms with Gasteiger partial charge in [-0.1, -0.05) is 29.3 Å². The van der Waals surface area contributed by atoms with Crippen LogP contribution in [0.1, 0.15) is 18.4 Å². The molecule has 98 valence electrons. The minimum Gasteiger partial charge on any atom is -0.308 e. The third kappa shape index (κ3) is 2.67. The molecule has 0 aliphatic carbocycles. The Balaban J connectivity index is 1.61. The van der Waals surface area contributed by atoms with Crippen LogP contribution in [0.15, 0.2) is 18.2 Å². The van der Waals surface area contributed by atoms with Gasteiger partial charge in [0, 0.05) is 29.2 Å². The first kappa shape index (κ1) is 12.7. The van der Waals surface area contributed by atoms with Gasteiger partial charge in [0.25, 0.3) is 0 Å². The summed E-state index contributed by atoms with van der Waals surface area (Å²) in [6, 6.07) is 6.36. The second-order valence-corrected chi connectivity index (χ2v) is 6.20. The van der Waals surface area contributed by atoms with Crippen molar-refractivity contribution in [2.45, 2.75) is 25.4 Å². The molecule has 4 heteroatoms. The molecule has 1 atom stereocenters. The largest absolute Gasteiger partial charge is 0.308 e. The topological polar surface area (TPSA) is 15.3 Å². The van der Waals surface area contributed by atoms with Crippen LogP contribution in [-0.4, -0.2) is 30.6 Å². The molecule has 0 aromatic heterocycles. The first-order chi connectivity index (χ1) is 8.72. The maximum Gasteiger partial charge on any atom is 0.0465 e. The molecule has 3 saturated heterocycles. The number of hydrogen-bond donors (Lipinski definition) is 1. The Morgan fingerprint density at radius 3 is 2.61 bits per heavy atom. The lowest BCUT2D eigenvalue weighted by Gasteiger charge is -2.45. The van der Waals surface area contributed by atoms with E-state index in [2.05, 4.69) is 10.2 Å². The van der Waals surface area contributed by atoms with E-state index in [1.807, 2.05) is 18.2 Å². The smallest absolute Gasteiger partial charge is 0.0465 e. The molecule has 3 fully saturated rings. The fourth-order valence-electron chi connectivity index (χ4n) is 3.10. The molecule has 0 radical (unpaired) electrons. The fraction of sp³-hybridized carbons (Fsp3) is 0.571. The zero-order valence-corrected chi connectivity index (χ0v) is 11.8. The predicted molar refractivity (Wildman–Crippen MR) is 76.3 cm³/mol. The standard InChI is InChI=1S/C14H18Cl2N2/c15-12-2-1-11(13(16)7-12)8-17-14-9-18-5-3-10(14)4-6-18/h1-2,7,10,14,17H,3-6,8-9H2/t14-/m1/s1. The Morgan fingerprint density at radius 2 is 2.00 bits per heavy atom. The summed E-state index contributed by atoms with van der Waals surface area (Å²) in [5.74, 6) is 0.848. The van der Waals surface area contributed by atoms with Crippen molar-refractivity contribution in [3.05, 3.63) is 33.8 Å². The minimum atomic E-state index is 0.624. The number of piperidine rings is 3. The highest BCUT2D eigenvalue weighted by Gasteiger charge is 2.33. The highest BCUT2D eigenvalue weighted by molar-refractivity contribution is 6.35. The van der Waals surface area contributed by atoms with Crippen LogP contribution in [0.5, 0.6) is 0 Å². The van der Waals surface area contributed by atoms with Crippen molar-refractivity contribution < 1.29 is 0 Å². The molecule has 0 unspecified atom stereocenters. The van der Waals surface area contributed by atoms with Crippen LogP contribution in [0.4, 0.5) is 0 Å². The highest BCUT2D eigenvalue weighted by Crippen LogP contribution is 2.28. The maximum atomic E-state index is 6.19. The number of rotatable bonds is 3. The zero-order chi connectivity index (χ0) is 12.5. The number of halogens is 2. The SMILES string of the molecule is Clc1ccc(CN[C@@H]2CN3CCC2CC3)c(Cl)c1. The second-order valence-electron chi connectivity index (χ2n) is 5.36. The number of nitrogens with one attached hydrogen (secondary N) is 1. The Kier molecular flexibility index (Phi) is 3.81. The van der Waals surface area contributed by atoms with Gasteiger partial charge in [0.1, 0.15) is 0 Å². The lowest BCUT2D eigenvalue weighted by Crippen LogP contribution is -2.55. The quantitative estimate of drug-likeness (QED) is 0.917. The average molecular weight is 285 g/mol. The van der Waals surface area contributed by atoms with Crippen LogP contribution >= 0.6 is 23.2 Å². The van der Waals surface area contributed by atoms with E-state index in [4.69, 9.17) is 23.2 Å². The molecule has 2 bridgehead atoms. The molecule has 4 rings (SSSR count). The Labute approximate surface area is 118 Å². The number of benzene rings is 1. The molecule has 3 aliphatic rings. The third-order valence-corrected chi connectivity index (χ3v) is 4.81. The van der Waals surface area contributed by atoms with Crippen LogP contribution in [0.3, 0.4) is 0 Å². The van der Waals surface area contributed by atoms with E-state index in [0.29, 0.717) is 11.1 Å². The first-order valence-electron chi connectivity index (χ1n) is 6.62.